The van der Waals surface area contributed by atoms with E-state index in [1.807, 2.05) is 0 Å². The molecule has 16 heavy (non-hydrogen) atoms. The molecular weight excluding hydrogens is 208 g/mol. The Hall–Kier alpha value is -1.75. The van der Waals surface area contributed by atoms with Crippen LogP contribution in [0.1, 0.15) is 0 Å². The van der Waals surface area contributed by atoms with Crippen LogP contribution in [0.5, 0.6) is 5.75 Å². The first-order valence-corrected chi connectivity index (χ1v) is 5.08. The summed E-state index contributed by atoms with van der Waals surface area (Å²) in [5, 5.41) is 5.43. The van der Waals surface area contributed by atoms with E-state index in [-0.39, 0.29) is 12.1 Å². The average molecular weight is 222 g/mol. The van der Waals surface area contributed by atoms with Crippen LogP contribution in [0.2, 0.25) is 0 Å². The standard InChI is InChI=1S/C11H14N2O3/c1-15-9-4-2-8(3-5-9)13-11(14)12-6-10-7-16-10/h2-5,10H,6-7H2,1H3,(H2,12,13,14). The van der Waals surface area contributed by atoms with Gasteiger partial charge in [-0.05, 0) is 24.3 Å². The van der Waals surface area contributed by atoms with Crippen molar-refractivity contribution in [1.82, 2.24) is 5.32 Å². The summed E-state index contributed by atoms with van der Waals surface area (Å²) < 4.78 is 10.00. The normalized spacial score (nSPS) is 17.7. The van der Waals surface area contributed by atoms with E-state index in [1.165, 1.54) is 0 Å². The van der Waals surface area contributed by atoms with Gasteiger partial charge in [-0.3, -0.25) is 0 Å². The Bertz CT molecular complexity index is 360. The first-order valence-electron chi connectivity index (χ1n) is 5.08. The fourth-order valence-corrected chi connectivity index (χ4v) is 1.24. The SMILES string of the molecule is COc1ccc(NC(=O)NCC2CO2)cc1. The van der Waals surface area contributed by atoms with Gasteiger partial charge < -0.3 is 20.1 Å². The predicted molar refractivity (Wildman–Crippen MR) is 59.8 cm³/mol. The molecule has 0 spiro atoms. The third kappa shape index (κ3) is 3.13. The van der Waals surface area contributed by atoms with Gasteiger partial charge in [0.25, 0.3) is 0 Å². The zero-order valence-corrected chi connectivity index (χ0v) is 9.03. The highest BCUT2D eigenvalue weighted by molar-refractivity contribution is 5.89. The minimum Gasteiger partial charge on any atom is -0.497 e. The van der Waals surface area contributed by atoms with Gasteiger partial charge in [0.05, 0.1) is 19.8 Å². The molecule has 1 aromatic carbocycles. The second-order valence-electron chi connectivity index (χ2n) is 3.52. The van der Waals surface area contributed by atoms with E-state index >= 15 is 0 Å². The number of hydrogen-bond donors (Lipinski definition) is 2. The molecule has 0 saturated carbocycles. The zero-order valence-electron chi connectivity index (χ0n) is 9.03. The van der Waals surface area contributed by atoms with Crippen LogP contribution in [0, 0.1) is 0 Å². The average Bonchev–Trinajstić information content (AvgIpc) is 3.11. The fraction of sp³-hybridized carbons (Fsp3) is 0.364. The monoisotopic (exact) mass is 222 g/mol. The number of carbonyl (C=O) groups excluding carboxylic acids is 1. The Balaban J connectivity index is 1.79. The third-order valence-electron chi connectivity index (χ3n) is 2.24. The number of nitrogens with one attached hydrogen (secondary N) is 2. The highest BCUT2D eigenvalue weighted by atomic mass is 16.6. The molecular formula is C11H14N2O3. The van der Waals surface area contributed by atoms with Crippen molar-refractivity contribution < 1.29 is 14.3 Å². The molecule has 1 aliphatic heterocycles. The molecule has 0 aliphatic carbocycles. The van der Waals surface area contributed by atoms with Crippen LogP contribution in [0.15, 0.2) is 24.3 Å². The van der Waals surface area contributed by atoms with Crippen molar-refractivity contribution in [3.8, 4) is 5.75 Å². The Labute approximate surface area is 93.7 Å². The van der Waals surface area contributed by atoms with Crippen molar-refractivity contribution >= 4 is 11.7 Å². The Morgan fingerprint density at radius 1 is 1.50 bits per heavy atom. The third-order valence-corrected chi connectivity index (χ3v) is 2.24. The summed E-state index contributed by atoms with van der Waals surface area (Å²) in [5.74, 6) is 0.761. The van der Waals surface area contributed by atoms with E-state index in [9.17, 15) is 4.79 Å². The zero-order chi connectivity index (χ0) is 11.4. The quantitative estimate of drug-likeness (QED) is 0.753. The lowest BCUT2D eigenvalue weighted by Gasteiger charge is -2.06. The van der Waals surface area contributed by atoms with Crippen LogP contribution in [0.25, 0.3) is 0 Å². The van der Waals surface area contributed by atoms with Crippen molar-refractivity contribution in [2.45, 2.75) is 6.10 Å². The van der Waals surface area contributed by atoms with Crippen LogP contribution in [-0.2, 0) is 4.74 Å². The first-order chi connectivity index (χ1) is 7.78. The van der Waals surface area contributed by atoms with Gasteiger partial charge in [0.15, 0.2) is 0 Å². The Morgan fingerprint density at radius 3 is 2.75 bits per heavy atom. The van der Waals surface area contributed by atoms with Crippen molar-refractivity contribution in [3.05, 3.63) is 24.3 Å². The van der Waals surface area contributed by atoms with Gasteiger partial charge in [0.1, 0.15) is 5.75 Å². The van der Waals surface area contributed by atoms with E-state index in [0.29, 0.717) is 6.54 Å². The van der Waals surface area contributed by atoms with E-state index < -0.39 is 0 Å². The number of epoxide rings is 1. The molecule has 0 radical (unpaired) electrons. The maximum atomic E-state index is 11.4. The number of amides is 2. The van der Waals surface area contributed by atoms with E-state index in [2.05, 4.69) is 10.6 Å². The number of anilines is 1. The molecule has 1 aromatic rings. The summed E-state index contributed by atoms with van der Waals surface area (Å²) in [7, 11) is 1.60. The number of rotatable bonds is 4. The molecule has 86 valence electrons. The lowest BCUT2D eigenvalue weighted by Crippen LogP contribution is -2.31. The maximum Gasteiger partial charge on any atom is 0.319 e. The highest BCUT2D eigenvalue weighted by Gasteiger charge is 2.22. The largest absolute Gasteiger partial charge is 0.497 e. The van der Waals surface area contributed by atoms with Crippen molar-refractivity contribution in [1.29, 1.82) is 0 Å². The lowest BCUT2D eigenvalue weighted by molar-refractivity contribution is 0.250. The smallest absolute Gasteiger partial charge is 0.319 e. The van der Waals surface area contributed by atoms with Crippen molar-refractivity contribution in [3.63, 3.8) is 0 Å². The molecule has 5 nitrogen and oxygen atoms in total. The number of hydrogen-bond acceptors (Lipinski definition) is 3. The van der Waals surface area contributed by atoms with E-state index in [0.717, 1.165) is 18.0 Å². The predicted octanol–water partition coefficient (Wildman–Crippen LogP) is 1.22. The van der Waals surface area contributed by atoms with Crippen LogP contribution >= 0.6 is 0 Å². The van der Waals surface area contributed by atoms with Gasteiger partial charge in [-0.2, -0.15) is 0 Å². The minimum atomic E-state index is -0.222. The fourth-order valence-electron chi connectivity index (χ4n) is 1.24. The molecule has 1 fully saturated rings. The number of carbonyl (C=O) groups is 1. The Morgan fingerprint density at radius 2 is 2.19 bits per heavy atom. The summed E-state index contributed by atoms with van der Waals surface area (Å²) in [4.78, 5) is 11.4. The molecule has 0 aromatic heterocycles. The van der Waals surface area contributed by atoms with Crippen LogP contribution in [0.4, 0.5) is 10.5 Å². The second-order valence-corrected chi connectivity index (χ2v) is 3.52. The number of ether oxygens (including phenoxy) is 2. The van der Waals surface area contributed by atoms with Crippen LogP contribution < -0.4 is 15.4 Å². The van der Waals surface area contributed by atoms with Crippen molar-refractivity contribution in [2.75, 3.05) is 25.6 Å². The van der Waals surface area contributed by atoms with Gasteiger partial charge in [0, 0.05) is 12.2 Å². The van der Waals surface area contributed by atoms with Gasteiger partial charge in [-0.1, -0.05) is 0 Å². The first kappa shape index (κ1) is 10.8. The van der Waals surface area contributed by atoms with Gasteiger partial charge >= 0.3 is 6.03 Å². The molecule has 1 atom stereocenters. The molecule has 2 amide bonds. The molecule has 2 rings (SSSR count). The summed E-state index contributed by atoms with van der Waals surface area (Å²) in [6.07, 6.45) is 0.196. The topological polar surface area (TPSA) is 62.9 Å². The summed E-state index contributed by atoms with van der Waals surface area (Å²) in [6.45, 7) is 1.30. The second kappa shape index (κ2) is 4.85. The van der Waals surface area contributed by atoms with Gasteiger partial charge in [0.2, 0.25) is 0 Å². The Kier molecular flexibility index (Phi) is 3.26. The number of benzene rings is 1. The summed E-state index contributed by atoms with van der Waals surface area (Å²) in [6, 6.07) is 6.93. The minimum absolute atomic E-state index is 0.196. The molecule has 2 N–H and O–H groups in total. The number of urea groups is 1. The number of methoxy groups -OCH3 is 1. The van der Waals surface area contributed by atoms with Crippen LogP contribution in [0.3, 0.4) is 0 Å². The molecule has 1 heterocycles. The maximum absolute atomic E-state index is 11.4. The summed E-state index contributed by atoms with van der Waals surface area (Å²) >= 11 is 0. The van der Waals surface area contributed by atoms with Gasteiger partial charge in [-0.25, -0.2) is 4.79 Å². The lowest BCUT2D eigenvalue weighted by atomic mass is 10.3. The molecule has 5 heteroatoms. The van der Waals surface area contributed by atoms with E-state index in [1.54, 1.807) is 31.4 Å². The summed E-state index contributed by atoms with van der Waals surface area (Å²) in [5.41, 5.74) is 0.731. The molecule has 1 aliphatic rings. The van der Waals surface area contributed by atoms with Gasteiger partial charge in [-0.15, -0.1) is 0 Å². The van der Waals surface area contributed by atoms with E-state index in [4.69, 9.17) is 9.47 Å². The molecule has 0 bridgehead atoms. The van der Waals surface area contributed by atoms with Crippen LogP contribution in [-0.4, -0.2) is 32.4 Å². The highest BCUT2D eigenvalue weighted by Crippen LogP contribution is 2.14. The van der Waals surface area contributed by atoms with Crippen molar-refractivity contribution in [2.24, 2.45) is 0 Å². The molecule has 1 saturated heterocycles. The molecule has 1 unspecified atom stereocenters.